The molecule has 2 unspecified atom stereocenters. The van der Waals surface area contributed by atoms with Gasteiger partial charge in [-0.2, -0.15) is 0 Å². The van der Waals surface area contributed by atoms with E-state index in [-0.39, 0.29) is 8.45 Å². The van der Waals surface area contributed by atoms with Gasteiger partial charge in [0.15, 0.2) is 0 Å². The first-order chi connectivity index (χ1) is 22.2. The molecule has 2 aliphatic rings. The van der Waals surface area contributed by atoms with Crippen molar-refractivity contribution in [2.75, 3.05) is 0 Å². The van der Waals surface area contributed by atoms with Crippen molar-refractivity contribution in [3.05, 3.63) is 155 Å². The molecule has 0 N–H and O–H groups in total. The standard InChI is InChI=1S/2C20H15.C3H6.2ClH.Ti/c2*1-14-12-16-8-5-11-19(20(16)13-14)18-10-4-7-15-6-2-3-9-17(15)18;1-3-2;;;/h2*2-13H,1H3;1-2H3;2*1H;/q;;;;;+2/p-2. The van der Waals surface area contributed by atoms with Crippen LogP contribution in [0.15, 0.2) is 132 Å². The minimum atomic E-state index is -4.71. The monoisotopic (exact) mass is 670 g/mol. The van der Waals surface area contributed by atoms with Gasteiger partial charge in [0.2, 0.25) is 0 Å². The van der Waals surface area contributed by atoms with Crippen molar-refractivity contribution in [3.63, 3.8) is 0 Å². The summed E-state index contributed by atoms with van der Waals surface area (Å²) in [6.45, 7) is 8.87. The fourth-order valence-electron chi connectivity index (χ4n) is 8.64. The number of hydrogen-bond acceptors (Lipinski definition) is 0. The maximum atomic E-state index is 8.41. The second kappa shape index (κ2) is 10.8. The maximum absolute atomic E-state index is 8.41. The molecule has 0 saturated carbocycles. The van der Waals surface area contributed by atoms with Gasteiger partial charge in [-0.3, -0.25) is 0 Å². The van der Waals surface area contributed by atoms with Gasteiger partial charge in [0.1, 0.15) is 0 Å². The van der Waals surface area contributed by atoms with Crippen LogP contribution in [0.4, 0.5) is 0 Å². The summed E-state index contributed by atoms with van der Waals surface area (Å²) in [6.07, 6.45) is 4.74. The Balaban J connectivity index is 1.33. The molecule has 3 heteroatoms. The summed E-state index contributed by atoms with van der Waals surface area (Å²) in [5, 5.41) is 5.01. The summed E-state index contributed by atoms with van der Waals surface area (Å²) >= 11 is -4.71. The predicted octanol–water partition coefficient (Wildman–Crippen LogP) is 13.2. The van der Waals surface area contributed by atoms with Crippen LogP contribution in [-0.2, 0) is 12.7 Å². The number of halogens is 2. The first kappa shape index (κ1) is 29.9. The van der Waals surface area contributed by atoms with Gasteiger partial charge in [-0.1, -0.05) is 0 Å². The fourth-order valence-corrected chi connectivity index (χ4v) is 21.2. The zero-order chi connectivity index (χ0) is 31.8. The van der Waals surface area contributed by atoms with E-state index < -0.39 is 12.7 Å². The van der Waals surface area contributed by atoms with Crippen LogP contribution in [0.1, 0.15) is 58.4 Å². The molecule has 0 heterocycles. The molecule has 0 spiro atoms. The van der Waals surface area contributed by atoms with Crippen LogP contribution in [0.3, 0.4) is 0 Å². The molecule has 2 aliphatic carbocycles. The van der Waals surface area contributed by atoms with E-state index in [1.807, 2.05) is 0 Å². The van der Waals surface area contributed by atoms with E-state index in [0.717, 1.165) is 0 Å². The Bertz CT molecular complexity index is 2210. The molecule has 0 saturated heterocycles. The Hall–Kier alpha value is -3.52. The SMILES string of the molecule is CC1=Cc2c(-c3cccc4ccccc34)cccc2[CH]1[Ti]([Cl])([Cl])(=[C](C)C)[CH]1C(C)=Cc2c(-c3cccc4ccccc34)cccc21. The first-order valence-electron chi connectivity index (χ1n) is 16.1. The zero-order valence-electron chi connectivity index (χ0n) is 26.6. The van der Waals surface area contributed by atoms with Crippen molar-refractivity contribution >= 4 is 56.1 Å². The molecule has 2 atom stereocenters. The predicted molar refractivity (Wildman–Crippen MR) is 200 cm³/mol. The van der Waals surface area contributed by atoms with Gasteiger partial charge in [0.05, 0.1) is 0 Å². The molecule has 0 bridgehead atoms. The molecular formula is C43H36Cl2Ti. The molecule has 0 radical (unpaired) electrons. The fraction of sp³-hybridized carbons (Fsp3) is 0.140. The van der Waals surface area contributed by atoms with Crippen molar-refractivity contribution in [2.24, 2.45) is 0 Å². The first-order valence-corrected chi connectivity index (χ1v) is 23.0. The topological polar surface area (TPSA) is 0 Å². The van der Waals surface area contributed by atoms with E-state index in [9.17, 15) is 0 Å². The quantitative estimate of drug-likeness (QED) is 0.164. The molecule has 6 aromatic rings. The van der Waals surface area contributed by atoms with Crippen LogP contribution in [0, 0.1) is 0 Å². The van der Waals surface area contributed by atoms with Crippen LogP contribution in [0.5, 0.6) is 0 Å². The van der Waals surface area contributed by atoms with E-state index >= 15 is 0 Å². The molecule has 0 aliphatic heterocycles. The van der Waals surface area contributed by atoms with Gasteiger partial charge >= 0.3 is 282 Å². The number of rotatable bonds is 4. The molecule has 46 heavy (non-hydrogen) atoms. The molecule has 0 amide bonds. The number of hydrogen-bond donors (Lipinski definition) is 0. The molecule has 6 aromatic carbocycles. The Labute approximate surface area is 280 Å². The van der Waals surface area contributed by atoms with Gasteiger partial charge in [-0.05, 0) is 0 Å². The van der Waals surface area contributed by atoms with Gasteiger partial charge in [-0.25, -0.2) is 0 Å². The Kier molecular flexibility index (Phi) is 6.99. The third-order valence-electron chi connectivity index (χ3n) is 10.7. The summed E-state index contributed by atoms with van der Waals surface area (Å²) < 4.78 is 1.09. The van der Waals surface area contributed by atoms with Crippen LogP contribution in [0.25, 0.3) is 56.0 Å². The molecular weight excluding hydrogens is 635 g/mol. The minimum absolute atomic E-state index is 0.0456. The molecule has 0 aromatic heterocycles. The van der Waals surface area contributed by atoms with Gasteiger partial charge in [-0.15, -0.1) is 0 Å². The molecule has 8 rings (SSSR count). The summed E-state index contributed by atoms with van der Waals surface area (Å²) in [4.78, 5) is 0. The summed E-state index contributed by atoms with van der Waals surface area (Å²) in [5.74, 6) is 0. The molecule has 226 valence electrons. The summed E-state index contributed by atoms with van der Waals surface area (Å²) in [5.41, 5.74) is 12.5. The van der Waals surface area contributed by atoms with E-state index in [0.29, 0.717) is 0 Å². The van der Waals surface area contributed by atoms with E-state index in [1.54, 1.807) is 0 Å². The normalized spacial score (nSPS) is 17.5. The van der Waals surface area contributed by atoms with Gasteiger partial charge < -0.3 is 0 Å². The van der Waals surface area contributed by atoms with Crippen LogP contribution >= 0.6 is 18.6 Å². The summed E-state index contributed by atoms with van der Waals surface area (Å²) in [7, 11) is 16.8. The van der Waals surface area contributed by atoms with E-state index in [1.165, 1.54) is 81.0 Å². The zero-order valence-corrected chi connectivity index (χ0v) is 29.7. The van der Waals surface area contributed by atoms with Crippen molar-refractivity contribution in [1.29, 1.82) is 0 Å². The van der Waals surface area contributed by atoms with Crippen molar-refractivity contribution in [1.82, 2.24) is 0 Å². The van der Waals surface area contributed by atoms with Gasteiger partial charge in [0, 0.05) is 0 Å². The van der Waals surface area contributed by atoms with Crippen molar-refractivity contribution < 1.29 is 12.7 Å². The number of fused-ring (bicyclic) bond motifs is 4. The third kappa shape index (κ3) is 4.21. The van der Waals surface area contributed by atoms with E-state index in [4.69, 9.17) is 18.6 Å². The van der Waals surface area contributed by atoms with Crippen LogP contribution < -0.4 is 0 Å². The van der Waals surface area contributed by atoms with Crippen molar-refractivity contribution in [2.45, 2.75) is 36.1 Å². The van der Waals surface area contributed by atoms with Crippen LogP contribution in [0.2, 0.25) is 0 Å². The van der Waals surface area contributed by atoms with Crippen LogP contribution in [-0.4, -0.2) is 3.81 Å². The van der Waals surface area contributed by atoms with E-state index in [2.05, 4.69) is 161 Å². The number of allylic oxidation sites excluding steroid dienone is 2. The Morgan fingerprint density at radius 1 is 0.478 bits per heavy atom. The summed E-state index contributed by atoms with van der Waals surface area (Å²) in [6, 6.07) is 43.9. The second-order valence-corrected chi connectivity index (χ2v) is 27.9. The third-order valence-corrected chi connectivity index (χ3v) is 26.1. The molecule has 0 fully saturated rings. The van der Waals surface area contributed by atoms with Crippen molar-refractivity contribution in [3.8, 4) is 22.3 Å². The Morgan fingerprint density at radius 3 is 1.28 bits per heavy atom. The average molecular weight is 672 g/mol. The number of benzene rings is 6. The second-order valence-electron chi connectivity index (χ2n) is 13.5. The van der Waals surface area contributed by atoms with Gasteiger partial charge in [0.25, 0.3) is 0 Å². The average Bonchev–Trinajstić information content (AvgIpc) is 3.60. The Morgan fingerprint density at radius 2 is 0.848 bits per heavy atom. The molecule has 0 nitrogen and oxygen atoms in total.